The Morgan fingerprint density at radius 3 is 2.88 bits per heavy atom. The smallest absolute Gasteiger partial charge is 0.223 e. The first-order chi connectivity index (χ1) is 8.20. The summed E-state index contributed by atoms with van der Waals surface area (Å²) in [7, 11) is 0. The lowest BCUT2D eigenvalue weighted by Crippen LogP contribution is -2.27. The van der Waals surface area contributed by atoms with Crippen LogP contribution in [-0.2, 0) is 11.2 Å². The van der Waals surface area contributed by atoms with Crippen LogP contribution in [-0.4, -0.2) is 29.0 Å². The zero-order chi connectivity index (χ0) is 12.3. The second kappa shape index (κ2) is 4.92. The molecule has 0 spiro atoms. The van der Waals surface area contributed by atoms with Gasteiger partial charge < -0.3 is 10.0 Å². The number of aromatic hydroxyl groups is 1. The molecule has 3 heteroatoms. The fourth-order valence-corrected chi connectivity index (χ4v) is 2.08. The van der Waals surface area contributed by atoms with Gasteiger partial charge in [-0.2, -0.15) is 0 Å². The minimum Gasteiger partial charge on any atom is -0.508 e. The predicted molar refractivity (Wildman–Crippen MR) is 65.3 cm³/mol. The molecule has 0 saturated carbocycles. The Balaban J connectivity index is 1.94. The van der Waals surface area contributed by atoms with Crippen LogP contribution in [0.2, 0.25) is 0 Å². The average molecular weight is 229 g/mol. The largest absolute Gasteiger partial charge is 0.508 e. The first-order valence-electron chi connectivity index (χ1n) is 5.71. The van der Waals surface area contributed by atoms with E-state index in [9.17, 15) is 9.90 Å². The van der Waals surface area contributed by atoms with E-state index in [1.54, 1.807) is 17.0 Å². The first kappa shape index (κ1) is 11.5. The molecule has 1 aliphatic heterocycles. The van der Waals surface area contributed by atoms with Gasteiger partial charge in [-0.1, -0.05) is 18.2 Å². The number of carbonyl (C=O) groups excluding carboxylic acids is 1. The van der Waals surface area contributed by atoms with E-state index in [1.165, 1.54) is 0 Å². The van der Waals surface area contributed by atoms with Gasteiger partial charge in [0.25, 0.3) is 0 Å². The Morgan fingerprint density at radius 2 is 2.24 bits per heavy atom. The summed E-state index contributed by atoms with van der Waals surface area (Å²) < 4.78 is 0. The fraction of sp³-hybridized carbons (Fsp3) is 0.357. The third-order valence-electron chi connectivity index (χ3n) is 3.09. The van der Waals surface area contributed by atoms with Gasteiger partial charge in [0.15, 0.2) is 0 Å². The Hall–Kier alpha value is -1.95. The standard InChI is InChI=1S/C14H15NO2/c1-2-11-9-14(17)15(10-11)8-7-12-5-3-4-6-13(12)16/h1,3-6,11,16H,7-10H2. The maximum Gasteiger partial charge on any atom is 0.223 e. The Kier molecular flexibility index (Phi) is 3.34. The second-order valence-corrected chi connectivity index (χ2v) is 4.29. The molecule has 0 aliphatic carbocycles. The minimum absolute atomic E-state index is 0.0480. The topological polar surface area (TPSA) is 40.5 Å². The normalized spacial score (nSPS) is 19.4. The molecule has 1 fully saturated rings. The lowest BCUT2D eigenvalue weighted by molar-refractivity contribution is -0.127. The summed E-state index contributed by atoms with van der Waals surface area (Å²) in [4.78, 5) is 13.4. The number of nitrogens with zero attached hydrogens (tertiary/aromatic N) is 1. The number of carbonyl (C=O) groups is 1. The zero-order valence-corrected chi connectivity index (χ0v) is 9.60. The monoisotopic (exact) mass is 229 g/mol. The molecular formula is C14H15NO2. The Bertz CT molecular complexity index is 462. The van der Waals surface area contributed by atoms with Gasteiger partial charge in [-0.05, 0) is 18.1 Å². The molecule has 2 rings (SSSR count). The van der Waals surface area contributed by atoms with E-state index in [0.717, 1.165) is 5.56 Å². The summed E-state index contributed by atoms with van der Waals surface area (Å²) in [6, 6.07) is 7.19. The average Bonchev–Trinajstić information content (AvgIpc) is 2.69. The highest BCUT2D eigenvalue weighted by molar-refractivity contribution is 5.79. The van der Waals surface area contributed by atoms with Gasteiger partial charge in [0.1, 0.15) is 5.75 Å². The van der Waals surface area contributed by atoms with Crippen LogP contribution in [0.15, 0.2) is 24.3 Å². The summed E-state index contributed by atoms with van der Waals surface area (Å²) in [5.74, 6) is 3.07. The van der Waals surface area contributed by atoms with Crippen molar-refractivity contribution in [3.8, 4) is 18.1 Å². The predicted octanol–water partition coefficient (Wildman–Crippen LogP) is 1.42. The van der Waals surface area contributed by atoms with Gasteiger partial charge >= 0.3 is 0 Å². The summed E-state index contributed by atoms with van der Waals surface area (Å²) >= 11 is 0. The minimum atomic E-state index is 0.0480. The number of hydrogen-bond acceptors (Lipinski definition) is 2. The van der Waals surface area contributed by atoms with E-state index in [1.807, 2.05) is 12.1 Å². The van der Waals surface area contributed by atoms with Crippen molar-refractivity contribution >= 4 is 5.91 Å². The molecule has 1 atom stereocenters. The van der Waals surface area contributed by atoms with E-state index in [0.29, 0.717) is 25.9 Å². The zero-order valence-electron chi connectivity index (χ0n) is 9.60. The van der Waals surface area contributed by atoms with Gasteiger partial charge in [0, 0.05) is 25.4 Å². The quantitative estimate of drug-likeness (QED) is 0.796. The van der Waals surface area contributed by atoms with Crippen LogP contribution in [0.4, 0.5) is 0 Å². The van der Waals surface area contributed by atoms with Crippen molar-refractivity contribution in [1.29, 1.82) is 0 Å². The SMILES string of the molecule is C#CC1CC(=O)N(CCc2ccccc2O)C1. The number of para-hydroxylation sites is 1. The first-order valence-corrected chi connectivity index (χ1v) is 5.71. The molecule has 0 radical (unpaired) electrons. The van der Waals surface area contributed by atoms with Crippen LogP contribution in [0.5, 0.6) is 5.75 Å². The van der Waals surface area contributed by atoms with Gasteiger partial charge in [0.05, 0.1) is 0 Å². The summed E-state index contributed by atoms with van der Waals surface area (Å²) in [5.41, 5.74) is 0.865. The van der Waals surface area contributed by atoms with Gasteiger partial charge in [-0.3, -0.25) is 4.79 Å². The van der Waals surface area contributed by atoms with E-state index < -0.39 is 0 Å². The van der Waals surface area contributed by atoms with Crippen LogP contribution in [0.3, 0.4) is 0 Å². The molecule has 88 valence electrons. The van der Waals surface area contributed by atoms with E-state index in [2.05, 4.69) is 5.92 Å². The van der Waals surface area contributed by atoms with Crippen molar-refractivity contribution in [2.24, 2.45) is 5.92 Å². The Labute approximate surface area is 101 Å². The number of hydrogen-bond donors (Lipinski definition) is 1. The second-order valence-electron chi connectivity index (χ2n) is 4.29. The van der Waals surface area contributed by atoms with Crippen molar-refractivity contribution in [3.63, 3.8) is 0 Å². The third-order valence-corrected chi connectivity index (χ3v) is 3.09. The molecule has 1 saturated heterocycles. The van der Waals surface area contributed by atoms with Crippen LogP contribution in [0.1, 0.15) is 12.0 Å². The number of rotatable bonds is 3. The fourth-order valence-electron chi connectivity index (χ4n) is 2.08. The van der Waals surface area contributed by atoms with Crippen molar-refractivity contribution in [2.45, 2.75) is 12.8 Å². The third kappa shape index (κ3) is 2.59. The van der Waals surface area contributed by atoms with Gasteiger partial charge in [-0.15, -0.1) is 12.3 Å². The number of amides is 1. The molecule has 1 unspecified atom stereocenters. The number of phenolic OH excluding ortho intramolecular Hbond substituents is 1. The van der Waals surface area contributed by atoms with Gasteiger partial charge in [0.2, 0.25) is 5.91 Å². The van der Waals surface area contributed by atoms with Crippen molar-refractivity contribution in [2.75, 3.05) is 13.1 Å². The van der Waals surface area contributed by atoms with Crippen LogP contribution in [0.25, 0.3) is 0 Å². The van der Waals surface area contributed by atoms with Crippen molar-refractivity contribution in [3.05, 3.63) is 29.8 Å². The summed E-state index contributed by atoms with van der Waals surface area (Å²) in [6.07, 6.45) is 6.44. The molecule has 0 bridgehead atoms. The molecule has 1 aliphatic rings. The molecule has 1 heterocycles. The molecule has 3 nitrogen and oxygen atoms in total. The highest BCUT2D eigenvalue weighted by atomic mass is 16.3. The number of likely N-dealkylation sites (tertiary alicyclic amines) is 1. The van der Waals surface area contributed by atoms with Crippen LogP contribution in [0, 0.1) is 18.3 Å². The van der Waals surface area contributed by atoms with Crippen LogP contribution >= 0.6 is 0 Å². The van der Waals surface area contributed by atoms with Crippen molar-refractivity contribution in [1.82, 2.24) is 4.90 Å². The lowest BCUT2D eigenvalue weighted by Gasteiger charge is -2.15. The maximum absolute atomic E-state index is 11.6. The number of phenols is 1. The summed E-state index contributed by atoms with van der Waals surface area (Å²) in [6.45, 7) is 1.26. The summed E-state index contributed by atoms with van der Waals surface area (Å²) in [5, 5.41) is 9.61. The van der Waals surface area contributed by atoms with E-state index >= 15 is 0 Å². The molecule has 0 aromatic heterocycles. The molecular weight excluding hydrogens is 214 g/mol. The van der Waals surface area contributed by atoms with E-state index in [4.69, 9.17) is 6.42 Å². The maximum atomic E-state index is 11.6. The molecule has 1 N–H and O–H groups in total. The molecule has 1 amide bonds. The molecule has 1 aromatic carbocycles. The number of terminal acetylenes is 1. The Morgan fingerprint density at radius 1 is 1.47 bits per heavy atom. The van der Waals surface area contributed by atoms with Gasteiger partial charge in [-0.25, -0.2) is 0 Å². The van der Waals surface area contributed by atoms with Crippen molar-refractivity contribution < 1.29 is 9.90 Å². The lowest BCUT2D eigenvalue weighted by atomic mass is 10.1. The highest BCUT2D eigenvalue weighted by Gasteiger charge is 2.27. The highest BCUT2D eigenvalue weighted by Crippen LogP contribution is 2.20. The van der Waals surface area contributed by atoms with Crippen LogP contribution < -0.4 is 0 Å². The molecule has 17 heavy (non-hydrogen) atoms. The molecule has 1 aromatic rings. The number of benzene rings is 1. The van der Waals surface area contributed by atoms with E-state index in [-0.39, 0.29) is 17.6 Å².